The summed E-state index contributed by atoms with van der Waals surface area (Å²) in [6, 6.07) is 10.2. The zero-order valence-electron chi connectivity index (χ0n) is 38.2. The van der Waals surface area contributed by atoms with Gasteiger partial charge in [-0.3, -0.25) is 4.79 Å². The molecule has 1 N–H and O–H groups in total. The Morgan fingerprint density at radius 2 is 1.60 bits per heavy atom. The van der Waals surface area contributed by atoms with Crippen LogP contribution in [0, 0.1) is 5.41 Å². The Labute approximate surface area is 348 Å². The van der Waals surface area contributed by atoms with Gasteiger partial charge in [0.1, 0.15) is 6.61 Å². The van der Waals surface area contributed by atoms with Crippen molar-refractivity contribution in [3.63, 3.8) is 0 Å². The number of rotatable bonds is 21. The second kappa shape index (κ2) is 21.2. The maximum absolute atomic E-state index is 13.1. The summed E-state index contributed by atoms with van der Waals surface area (Å²) in [5, 5.41) is 10.4. The quantitative estimate of drug-likeness (QED) is 0.0737. The number of esters is 1. The molecule has 0 aliphatic carbocycles. The van der Waals surface area contributed by atoms with Gasteiger partial charge in [-0.05, 0) is 59.6 Å². The van der Waals surface area contributed by atoms with Crippen LogP contribution in [0.1, 0.15) is 120 Å². The van der Waals surface area contributed by atoms with Gasteiger partial charge in [-0.2, -0.15) is 0 Å². The van der Waals surface area contributed by atoms with E-state index in [1.165, 1.54) is 5.57 Å². The van der Waals surface area contributed by atoms with Crippen LogP contribution in [0.4, 0.5) is 0 Å². The summed E-state index contributed by atoms with van der Waals surface area (Å²) in [6.45, 7) is 33.9. The maximum Gasteiger partial charge on any atom is 0.308 e. The third-order valence-corrected chi connectivity index (χ3v) is 23.9. The molecule has 2 fully saturated rings. The van der Waals surface area contributed by atoms with Crippen molar-refractivity contribution in [1.29, 1.82) is 0 Å². The summed E-state index contributed by atoms with van der Waals surface area (Å²) < 4.78 is 46.6. The zero-order chi connectivity index (χ0) is 42.8. The number of ether oxygens (including phenoxy) is 5. The van der Waals surface area contributed by atoms with Gasteiger partial charge in [0.05, 0.1) is 56.8 Å². The third-order valence-electron chi connectivity index (χ3n) is 13.3. The number of carbonyl (C=O) groups excluding carboxylic acids is 1. The van der Waals surface area contributed by atoms with Crippen LogP contribution in [0.3, 0.4) is 0 Å². The minimum absolute atomic E-state index is 0.0663. The van der Waals surface area contributed by atoms with Crippen molar-refractivity contribution in [2.24, 2.45) is 5.41 Å². The lowest BCUT2D eigenvalue weighted by atomic mass is 9.70. The number of aliphatic hydroxyl groups excluding tert-OH is 1. The van der Waals surface area contributed by atoms with Crippen LogP contribution in [0.25, 0.3) is 0 Å². The average Bonchev–Trinajstić information content (AvgIpc) is 3.12. The second-order valence-corrected chi connectivity index (χ2v) is 29.7. The van der Waals surface area contributed by atoms with E-state index >= 15 is 0 Å². The molecule has 6 atom stereocenters. The van der Waals surface area contributed by atoms with E-state index in [0.29, 0.717) is 61.9 Å². The molecule has 1 aromatic rings. The lowest BCUT2D eigenvalue weighted by Gasteiger charge is -2.56. The molecule has 2 saturated heterocycles. The van der Waals surface area contributed by atoms with Crippen molar-refractivity contribution in [2.75, 3.05) is 26.9 Å². The Bertz CT molecular complexity index is 1400. The van der Waals surface area contributed by atoms with Crippen molar-refractivity contribution < 1.29 is 42.4 Å². The van der Waals surface area contributed by atoms with Gasteiger partial charge in [0.15, 0.2) is 14.1 Å². The molecule has 2 aliphatic heterocycles. The van der Waals surface area contributed by atoms with Gasteiger partial charge in [-0.15, -0.1) is 0 Å². The van der Waals surface area contributed by atoms with E-state index in [1.54, 1.807) is 13.2 Å². The van der Waals surface area contributed by atoms with Crippen molar-refractivity contribution in [2.45, 2.75) is 192 Å². The average molecular weight is 833 g/mol. The number of hydrogen-bond acceptors (Lipinski definition) is 9. The van der Waals surface area contributed by atoms with Gasteiger partial charge < -0.3 is 37.6 Å². The first-order valence-electron chi connectivity index (χ1n) is 21.5. The Hall–Kier alpha value is -1.68. The van der Waals surface area contributed by atoms with Gasteiger partial charge in [-0.25, -0.2) is 0 Å². The minimum Gasteiger partial charge on any atom is -0.461 e. The smallest absolute Gasteiger partial charge is 0.308 e. The van der Waals surface area contributed by atoms with E-state index in [4.69, 9.17) is 32.5 Å². The molecule has 1 aromatic carbocycles. The third kappa shape index (κ3) is 12.7. The summed E-state index contributed by atoms with van der Waals surface area (Å²) in [4.78, 5) is 13.1. The summed E-state index contributed by atoms with van der Waals surface area (Å²) in [6.07, 6.45) is 5.03. The molecule has 2 aliphatic rings. The molecule has 3 rings (SSSR count). The molecule has 0 amide bonds. The van der Waals surface area contributed by atoms with Crippen LogP contribution < -0.4 is 0 Å². The first-order chi connectivity index (χ1) is 26.6. The monoisotopic (exact) mass is 833 g/mol. The van der Waals surface area contributed by atoms with E-state index < -0.39 is 33.9 Å². The van der Waals surface area contributed by atoms with Crippen LogP contribution in [-0.2, 0) is 43.9 Å². The molecule has 0 radical (unpaired) electrons. The highest BCUT2D eigenvalue weighted by molar-refractivity contribution is 6.77. The van der Waals surface area contributed by atoms with E-state index in [9.17, 15) is 9.90 Å². The lowest BCUT2D eigenvalue weighted by molar-refractivity contribution is -0.363. The maximum atomic E-state index is 13.1. The Balaban J connectivity index is 1.99. The molecule has 0 aromatic heterocycles. The standard InChI is InChI=1S/C46H80O9Si2/c1-16-23-50-43(48)29-39(55-56(14,15)44(8,9)10)27-38-28-42(51-32-36-20-18-17-19-21-36)45(11,12)46(49-13,54-38)30-40-25-37(26-41(31-47)53-40)22-24-52-57(33(2)3,34(4)5)35(6)7/h16-22,33-35,38-42,47H,1,23-32H2,2-15H3/b37-22-/t38-,39-,40+,41-,42+,46+/m1/s1. The topological polar surface area (TPSA) is 102 Å². The number of hydrogen-bond donors (Lipinski definition) is 1. The van der Waals surface area contributed by atoms with Crippen molar-refractivity contribution >= 4 is 22.6 Å². The molecule has 0 unspecified atom stereocenters. The van der Waals surface area contributed by atoms with E-state index in [2.05, 4.69) is 114 Å². The van der Waals surface area contributed by atoms with Crippen LogP contribution in [-0.4, -0.2) is 90.9 Å². The Kier molecular flexibility index (Phi) is 18.5. The van der Waals surface area contributed by atoms with Gasteiger partial charge in [0, 0.05) is 25.4 Å². The van der Waals surface area contributed by atoms with Gasteiger partial charge in [-0.1, -0.05) is 131 Å². The van der Waals surface area contributed by atoms with Crippen LogP contribution in [0.15, 0.2) is 54.6 Å². The number of carbonyl (C=O) groups is 1. The zero-order valence-corrected chi connectivity index (χ0v) is 40.2. The SMILES string of the molecule is C=CCOC(=O)C[C@@H](C[C@@H]1C[C@H](OCc2ccccc2)C(C)(C)[C@@](C[C@@H]2C/C(=C/CO[Si](C(C)C)(C(C)C)C(C)C)C[C@H](CO)O2)(OC)O1)O[Si](C)(C)C(C)(C)C. The lowest BCUT2D eigenvalue weighted by Crippen LogP contribution is -2.63. The molecule has 2 heterocycles. The van der Waals surface area contributed by atoms with Crippen LogP contribution >= 0.6 is 0 Å². The fraction of sp³-hybridized carbons (Fsp3) is 0.761. The molecule has 0 spiro atoms. The molecule has 57 heavy (non-hydrogen) atoms. The first kappa shape index (κ1) is 49.7. The second-order valence-electron chi connectivity index (χ2n) is 19.5. The normalized spacial score (nSPS) is 26.0. The predicted molar refractivity (Wildman–Crippen MR) is 235 cm³/mol. The van der Waals surface area contributed by atoms with Crippen molar-refractivity contribution in [1.82, 2.24) is 0 Å². The fourth-order valence-corrected chi connectivity index (χ4v) is 15.9. The van der Waals surface area contributed by atoms with E-state index in [-0.39, 0.29) is 55.1 Å². The predicted octanol–water partition coefficient (Wildman–Crippen LogP) is 10.7. The van der Waals surface area contributed by atoms with E-state index in [0.717, 1.165) is 5.56 Å². The highest BCUT2D eigenvalue weighted by Gasteiger charge is 2.58. The van der Waals surface area contributed by atoms with Gasteiger partial charge in [0.2, 0.25) is 8.32 Å². The number of methoxy groups -OCH3 is 1. The minimum atomic E-state index is -2.30. The summed E-state index contributed by atoms with van der Waals surface area (Å²) in [7, 11) is -2.64. The van der Waals surface area contributed by atoms with Gasteiger partial charge in [0.25, 0.3) is 0 Å². The highest BCUT2D eigenvalue weighted by Crippen LogP contribution is 2.51. The van der Waals surface area contributed by atoms with Crippen molar-refractivity contribution in [3.8, 4) is 0 Å². The van der Waals surface area contributed by atoms with Gasteiger partial charge >= 0.3 is 5.97 Å². The molecule has 326 valence electrons. The molecule has 0 saturated carbocycles. The first-order valence-corrected chi connectivity index (χ1v) is 26.5. The number of aliphatic hydroxyl groups is 1. The molecular weight excluding hydrogens is 753 g/mol. The molecule has 11 heteroatoms. The Morgan fingerprint density at radius 3 is 2.14 bits per heavy atom. The highest BCUT2D eigenvalue weighted by atomic mass is 28.4. The number of benzene rings is 1. The van der Waals surface area contributed by atoms with E-state index in [1.807, 2.05) is 18.2 Å². The summed E-state index contributed by atoms with van der Waals surface area (Å²) >= 11 is 0. The summed E-state index contributed by atoms with van der Waals surface area (Å²) in [5.41, 5.74) is 3.16. The largest absolute Gasteiger partial charge is 0.461 e. The molecular formula is C46H80O9Si2. The van der Waals surface area contributed by atoms with Crippen LogP contribution in [0.5, 0.6) is 0 Å². The van der Waals surface area contributed by atoms with Crippen LogP contribution in [0.2, 0.25) is 34.8 Å². The molecule has 9 nitrogen and oxygen atoms in total. The summed E-state index contributed by atoms with van der Waals surface area (Å²) in [5.74, 6) is -1.45. The molecule has 0 bridgehead atoms. The van der Waals surface area contributed by atoms with Crippen molar-refractivity contribution in [3.05, 3.63) is 60.2 Å². The Morgan fingerprint density at radius 1 is 0.982 bits per heavy atom. The fourth-order valence-electron chi connectivity index (χ4n) is 9.14.